The highest BCUT2D eigenvalue weighted by Gasteiger charge is 2.33. The molecule has 3 aromatic rings. The van der Waals surface area contributed by atoms with E-state index in [2.05, 4.69) is 29.1 Å². The number of rotatable bonds is 12. The van der Waals surface area contributed by atoms with Gasteiger partial charge in [0.05, 0.1) is 23.7 Å². The van der Waals surface area contributed by atoms with E-state index in [-0.39, 0.29) is 23.6 Å². The summed E-state index contributed by atoms with van der Waals surface area (Å²) in [6.07, 6.45) is 4.89. The molecule has 2 amide bonds. The summed E-state index contributed by atoms with van der Waals surface area (Å²) in [5.74, 6) is 1.04. The number of aryl methyl sites for hydroxylation is 2. The van der Waals surface area contributed by atoms with Crippen molar-refractivity contribution in [3.63, 3.8) is 0 Å². The van der Waals surface area contributed by atoms with Crippen LogP contribution in [0.3, 0.4) is 0 Å². The van der Waals surface area contributed by atoms with Crippen LogP contribution in [0.15, 0.2) is 48.5 Å². The Morgan fingerprint density at radius 1 is 1.28 bits per heavy atom. The molecule has 2 heterocycles. The quantitative estimate of drug-likeness (QED) is 0.222. The highest BCUT2D eigenvalue weighted by atomic mass is 32.2. The Morgan fingerprint density at radius 3 is 2.82 bits per heavy atom. The lowest BCUT2D eigenvalue weighted by atomic mass is 9.96. The average molecular weight is 589 g/mol. The Balaban J connectivity index is 1.46. The molecule has 0 spiro atoms. The lowest BCUT2D eigenvalue weighted by molar-refractivity contribution is -0.113. The lowest BCUT2D eigenvalue weighted by Crippen LogP contribution is -2.41. The highest BCUT2D eigenvalue weighted by Crippen LogP contribution is 2.33. The van der Waals surface area contributed by atoms with Crippen molar-refractivity contribution in [2.75, 3.05) is 23.9 Å². The molecule has 0 saturated heterocycles. The Bertz CT molecular complexity index is 1330. The first-order valence-electron chi connectivity index (χ1n) is 12.9. The molecule has 0 bridgehead atoms. The van der Waals surface area contributed by atoms with Gasteiger partial charge >= 0.3 is 0 Å². The van der Waals surface area contributed by atoms with Gasteiger partial charge in [0, 0.05) is 12.5 Å². The summed E-state index contributed by atoms with van der Waals surface area (Å²) in [7, 11) is 4.36. The van der Waals surface area contributed by atoms with Gasteiger partial charge in [0.15, 0.2) is 0 Å². The fourth-order valence-electron chi connectivity index (χ4n) is 4.62. The number of carbonyl (C=O) groups excluding carboxylic acids is 2. The number of para-hydroxylation sites is 1. The minimum absolute atomic E-state index is 0.0914. The largest absolute Gasteiger partial charge is 0.494 e. The van der Waals surface area contributed by atoms with E-state index in [1.165, 1.54) is 11.8 Å². The molecule has 2 N–H and O–H groups in total. The maximum atomic E-state index is 13.6. The van der Waals surface area contributed by atoms with Crippen molar-refractivity contribution in [1.29, 1.82) is 0 Å². The van der Waals surface area contributed by atoms with Gasteiger partial charge in [-0.05, 0) is 68.2 Å². The molecule has 3 atom stereocenters. The summed E-state index contributed by atoms with van der Waals surface area (Å²) in [5.41, 5.74) is 4.01. The first-order chi connectivity index (χ1) is 18.6. The summed E-state index contributed by atoms with van der Waals surface area (Å²) in [5, 5.41) is 9.50. The number of nitrogens with one attached hydrogen (secondary N) is 2. The molecule has 0 fully saturated rings. The molecular weight excluding hydrogens is 553 g/mol. The van der Waals surface area contributed by atoms with Crippen molar-refractivity contribution in [1.82, 2.24) is 15.1 Å². The van der Waals surface area contributed by atoms with E-state index in [0.717, 1.165) is 35.4 Å². The monoisotopic (exact) mass is 588 g/mol. The van der Waals surface area contributed by atoms with Crippen LogP contribution in [-0.2, 0) is 17.6 Å². The van der Waals surface area contributed by atoms with Gasteiger partial charge in [0.1, 0.15) is 22.3 Å². The van der Waals surface area contributed by atoms with Gasteiger partial charge < -0.3 is 15.4 Å². The number of anilines is 1. The molecule has 7 nitrogen and oxygen atoms in total. The third-order valence-corrected chi connectivity index (χ3v) is 7.62. The second kappa shape index (κ2) is 13.3. The summed E-state index contributed by atoms with van der Waals surface area (Å²) >= 11 is 1.42. The highest BCUT2D eigenvalue weighted by molar-refractivity contribution is 7.99. The van der Waals surface area contributed by atoms with Gasteiger partial charge in [0.2, 0.25) is 5.91 Å². The molecule has 39 heavy (non-hydrogen) atoms. The van der Waals surface area contributed by atoms with Crippen molar-refractivity contribution in [3.8, 4) is 11.4 Å². The zero-order chi connectivity index (χ0) is 28.0. The zero-order valence-corrected chi connectivity index (χ0v) is 25.3. The minimum atomic E-state index is -1.35. The smallest absolute Gasteiger partial charge is 0.257 e. The van der Waals surface area contributed by atoms with E-state index >= 15 is 0 Å². The van der Waals surface area contributed by atoms with Crippen LogP contribution in [0.1, 0.15) is 46.4 Å². The van der Waals surface area contributed by atoms with E-state index < -0.39 is 5.15 Å². The summed E-state index contributed by atoms with van der Waals surface area (Å²) in [6, 6.07) is 15.5. The first kappa shape index (κ1) is 29.5. The predicted molar refractivity (Wildman–Crippen MR) is 163 cm³/mol. The average Bonchev–Trinajstić information content (AvgIpc) is 3.23. The number of benzene rings is 2. The van der Waals surface area contributed by atoms with Crippen LogP contribution in [-0.4, -0.2) is 51.4 Å². The van der Waals surface area contributed by atoms with E-state index in [9.17, 15) is 14.0 Å². The standard InChI is InChI=1S/C28H35FN4O3P2S/c1-18-7-3-4-10-23(18)33-26(31-24(34)17-39-2)25-22(32-33)16-20(30-27(25)35)12-11-19-8-5-9-21(15-19)36-14-6-13-28(29,37)38/h3-5,7-10,15,20H,6,11-14,16-17,37-38H2,1-2H3,(H,30,35)(H,31,34)/t20-/m0/s1. The molecule has 1 aliphatic heterocycles. The van der Waals surface area contributed by atoms with Crippen LogP contribution in [0.2, 0.25) is 0 Å². The topological polar surface area (TPSA) is 85.2 Å². The maximum absolute atomic E-state index is 13.6. The predicted octanol–water partition coefficient (Wildman–Crippen LogP) is 5.30. The van der Waals surface area contributed by atoms with Crippen LogP contribution >= 0.6 is 30.2 Å². The molecule has 0 saturated carbocycles. The summed E-state index contributed by atoms with van der Waals surface area (Å²) in [6.45, 7) is 2.42. The van der Waals surface area contributed by atoms with E-state index in [1.54, 1.807) is 4.68 Å². The number of aromatic nitrogens is 2. The molecule has 2 aromatic carbocycles. The lowest BCUT2D eigenvalue weighted by Gasteiger charge is -2.23. The van der Waals surface area contributed by atoms with Gasteiger partial charge in [0.25, 0.3) is 5.91 Å². The maximum Gasteiger partial charge on any atom is 0.257 e. The fraction of sp³-hybridized carbons (Fsp3) is 0.393. The first-order valence-corrected chi connectivity index (χ1v) is 15.5. The van der Waals surface area contributed by atoms with Crippen molar-refractivity contribution in [3.05, 3.63) is 70.9 Å². The number of carbonyl (C=O) groups is 2. The minimum Gasteiger partial charge on any atom is -0.494 e. The Labute approximate surface area is 237 Å². The molecular formula is C28H35FN4O3P2S. The van der Waals surface area contributed by atoms with Gasteiger partial charge in [-0.3, -0.25) is 9.59 Å². The summed E-state index contributed by atoms with van der Waals surface area (Å²) in [4.78, 5) is 25.8. The molecule has 2 unspecified atom stereocenters. The molecule has 0 radical (unpaired) electrons. The van der Waals surface area contributed by atoms with Crippen LogP contribution < -0.4 is 15.4 Å². The van der Waals surface area contributed by atoms with Crippen LogP contribution in [0.25, 0.3) is 5.69 Å². The molecule has 11 heteroatoms. The van der Waals surface area contributed by atoms with Gasteiger partial charge in [-0.25, -0.2) is 9.07 Å². The van der Waals surface area contributed by atoms with Crippen molar-refractivity contribution < 1.29 is 18.7 Å². The Kier molecular flexibility index (Phi) is 10.0. The molecule has 1 aromatic heterocycles. The second-order valence-corrected chi connectivity index (χ2v) is 13.2. The number of thioether (sulfide) groups is 1. The Morgan fingerprint density at radius 2 is 2.08 bits per heavy atom. The van der Waals surface area contributed by atoms with Gasteiger partial charge in [-0.15, -0.1) is 0 Å². The van der Waals surface area contributed by atoms with Crippen LogP contribution in [0.5, 0.6) is 5.75 Å². The molecule has 0 aliphatic carbocycles. The van der Waals surface area contributed by atoms with Crippen molar-refractivity contribution in [2.24, 2.45) is 0 Å². The SMILES string of the molecule is CSCC(=O)Nc1c2c(nn1-c1ccccc1C)C[C@H](CCc1cccc(OCCCC(F)(P)P)c1)NC2=O. The van der Waals surface area contributed by atoms with Crippen molar-refractivity contribution >= 4 is 47.9 Å². The van der Waals surface area contributed by atoms with Gasteiger partial charge in [-0.1, -0.05) is 48.8 Å². The van der Waals surface area contributed by atoms with Crippen LogP contribution in [0, 0.1) is 6.92 Å². The Hall–Kier alpha value is -2.47. The number of amides is 2. The van der Waals surface area contributed by atoms with E-state index in [1.807, 2.05) is 61.7 Å². The number of ether oxygens (including phenoxy) is 1. The molecule has 1 aliphatic rings. The van der Waals surface area contributed by atoms with Gasteiger partial charge in [-0.2, -0.15) is 16.9 Å². The number of hydrogen-bond acceptors (Lipinski definition) is 5. The normalized spacial score (nSPS) is 15.0. The number of nitrogens with zero attached hydrogens (tertiary/aromatic N) is 2. The summed E-state index contributed by atoms with van der Waals surface area (Å²) < 4.78 is 21.1. The van der Waals surface area contributed by atoms with Crippen molar-refractivity contribution in [2.45, 2.75) is 50.2 Å². The van der Waals surface area contributed by atoms with E-state index in [0.29, 0.717) is 42.9 Å². The molecule has 208 valence electrons. The fourth-order valence-corrected chi connectivity index (χ4v) is 5.36. The van der Waals surface area contributed by atoms with E-state index in [4.69, 9.17) is 9.84 Å². The zero-order valence-electron chi connectivity index (χ0n) is 22.2. The third-order valence-electron chi connectivity index (χ3n) is 6.49. The number of hydrogen-bond donors (Lipinski definition) is 2. The number of halogens is 1. The number of fused-ring (bicyclic) bond motifs is 1. The number of alkyl halides is 1. The third kappa shape index (κ3) is 8.03. The van der Waals surface area contributed by atoms with Crippen LogP contribution in [0.4, 0.5) is 10.2 Å². The second-order valence-electron chi connectivity index (χ2n) is 9.79. The molecule has 4 rings (SSSR count).